The molecule has 0 aliphatic rings. The molecule has 0 aromatic heterocycles. The fourth-order valence-corrected chi connectivity index (χ4v) is 1.55. The first kappa shape index (κ1) is 14.2. The van der Waals surface area contributed by atoms with Crippen molar-refractivity contribution in [3.05, 3.63) is 53.6 Å². The van der Waals surface area contributed by atoms with Crippen molar-refractivity contribution < 1.29 is 9.53 Å². The molecule has 0 unspecified atom stereocenters. The molecular weight excluding hydrogens is 224 g/mol. The van der Waals surface area contributed by atoms with Crippen LogP contribution < -0.4 is 0 Å². The molecule has 0 amide bonds. The minimum Gasteiger partial charge on any atom is -0.463 e. The second-order valence-corrected chi connectivity index (χ2v) is 4.09. The van der Waals surface area contributed by atoms with Gasteiger partial charge in [-0.05, 0) is 32.3 Å². The molecule has 96 valence electrons. The van der Waals surface area contributed by atoms with Gasteiger partial charge in [0.2, 0.25) is 0 Å². The lowest BCUT2D eigenvalue weighted by molar-refractivity contribution is -0.137. The molecule has 18 heavy (non-hydrogen) atoms. The zero-order valence-corrected chi connectivity index (χ0v) is 11.1. The molecule has 0 heterocycles. The minimum absolute atomic E-state index is 0.248. The topological polar surface area (TPSA) is 26.3 Å². The van der Waals surface area contributed by atoms with Crippen molar-refractivity contribution in [3.8, 4) is 0 Å². The van der Waals surface area contributed by atoms with E-state index in [9.17, 15) is 4.79 Å². The van der Waals surface area contributed by atoms with Gasteiger partial charge in [0.1, 0.15) is 0 Å². The van der Waals surface area contributed by atoms with E-state index in [0.717, 1.165) is 18.4 Å². The van der Waals surface area contributed by atoms with Crippen LogP contribution in [-0.2, 0) is 9.53 Å². The Balaban J connectivity index is 2.33. The smallest absolute Gasteiger partial charge is 0.330 e. The van der Waals surface area contributed by atoms with Crippen molar-refractivity contribution in [3.63, 3.8) is 0 Å². The molecule has 0 saturated heterocycles. The van der Waals surface area contributed by atoms with Gasteiger partial charge in [-0.1, -0.05) is 48.1 Å². The van der Waals surface area contributed by atoms with Gasteiger partial charge in [0.05, 0.1) is 6.61 Å². The molecule has 2 heteroatoms. The minimum atomic E-state index is -0.248. The van der Waals surface area contributed by atoms with E-state index in [1.54, 1.807) is 6.08 Å². The first-order valence-corrected chi connectivity index (χ1v) is 6.28. The van der Waals surface area contributed by atoms with Crippen LogP contribution in [0, 0.1) is 0 Å². The van der Waals surface area contributed by atoms with E-state index < -0.39 is 0 Å². The van der Waals surface area contributed by atoms with Crippen LogP contribution in [0.15, 0.2) is 48.1 Å². The quantitative estimate of drug-likeness (QED) is 0.558. The van der Waals surface area contributed by atoms with E-state index in [2.05, 4.69) is 24.3 Å². The van der Waals surface area contributed by atoms with Crippen molar-refractivity contribution in [2.45, 2.75) is 26.7 Å². The molecule has 1 aromatic rings. The molecule has 0 radical (unpaired) electrons. The van der Waals surface area contributed by atoms with Gasteiger partial charge in [-0.3, -0.25) is 0 Å². The van der Waals surface area contributed by atoms with Gasteiger partial charge in [0, 0.05) is 6.08 Å². The van der Waals surface area contributed by atoms with Gasteiger partial charge in [0.25, 0.3) is 0 Å². The molecule has 0 atom stereocenters. The summed E-state index contributed by atoms with van der Waals surface area (Å²) in [5, 5.41) is 0. The first-order chi connectivity index (χ1) is 8.72. The zero-order chi connectivity index (χ0) is 13.2. The third kappa shape index (κ3) is 6.04. The van der Waals surface area contributed by atoms with Gasteiger partial charge < -0.3 is 4.74 Å². The Morgan fingerprint density at radius 3 is 2.67 bits per heavy atom. The molecule has 0 aliphatic heterocycles. The van der Waals surface area contributed by atoms with Crippen LogP contribution in [0.4, 0.5) is 0 Å². The van der Waals surface area contributed by atoms with Gasteiger partial charge in [-0.15, -0.1) is 0 Å². The zero-order valence-electron chi connectivity index (χ0n) is 11.1. The Kier molecular flexibility index (Phi) is 6.55. The van der Waals surface area contributed by atoms with E-state index >= 15 is 0 Å². The van der Waals surface area contributed by atoms with E-state index in [4.69, 9.17) is 4.74 Å². The molecule has 1 aromatic carbocycles. The summed E-state index contributed by atoms with van der Waals surface area (Å²) in [5.41, 5.74) is 2.25. The lowest BCUT2D eigenvalue weighted by Crippen LogP contribution is -2.00. The fourth-order valence-electron chi connectivity index (χ4n) is 1.55. The summed E-state index contributed by atoms with van der Waals surface area (Å²) >= 11 is 0. The number of benzene rings is 1. The number of hydrogen-bond donors (Lipinski definition) is 0. The summed E-state index contributed by atoms with van der Waals surface area (Å²) in [5.74, 6) is -0.248. The van der Waals surface area contributed by atoms with Gasteiger partial charge in [0.15, 0.2) is 0 Å². The molecule has 0 spiro atoms. The average molecular weight is 244 g/mol. The largest absolute Gasteiger partial charge is 0.463 e. The molecule has 0 fully saturated rings. The lowest BCUT2D eigenvalue weighted by Gasteiger charge is -1.99. The number of carbonyl (C=O) groups is 1. The van der Waals surface area contributed by atoms with Crippen molar-refractivity contribution in [1.82, 2.24) is 0 Å². The van der Waals surface area contributed by atoms with Crippen LogP contribution in [0.5, 0.6) is 0 Å². The monoisotopic (exact) mass is 244 g/mol. The van der Waals surface area contributed by atoms with Gasteiger partial charge >= 0.3 is 5.97 Å². The van der Waals surface area contributed by atoms with Crippen molar-refractivity contribution in [2.24, 2.45) is 0 Å². The highest BCUT2D eigenvalue weighted by Crippen LogP contribution is 2.07. The second kappa shape index (κ2) is 8.29. The molecule has 0 aliphatic carbocycles. The normalized spacial score (nSPS) is 11.8. The van der Waals surface area contributed by atoms with E-state index in [-0.39, 0.29) is 5.97 Å². The Bertz CT molecular complexity index is 416. The van der Waals surface area contributed by atoms with Crippen molar-refractivity contribution in [1.29, 1.82) is 0 Å². The SMILES string of the molecule is CCOC(=O)/C=C(/C)CC/C=C/c1ccccc1. The summed E-state index contributed by atoms with van der Waals surface area (Å²) in [7, 11) is 0. The predicted molar refractivity (Wildman–Crippen MR) is 75.1 cm³/mol. The average Bonchev–Trinajstić information content (AvgIpc) is 2.36. The van der Waals surface area contributed by atoms with Crippen LogP contribution >= 0.6 is 0 Å². The molecule has 0 N–H and O–H groups in total. The van der Waals surface area contributed by atoms with Crippen LogP contribution in [0.1, 0.15) is 32.3 Å². The number of allylic oxidation sites excluding steroid dienone is 2. The number of esters is 1. The van der Waals surface area contributed by atoms with E-state index in [1.807, 2.05) is 32.0 Å². The maximum absolute atomic E-state index is 11.2. The highest BCUT2D eigenvalue weighted by atomic mass is 16.5. The summed E-state index contributed by atoms with van der Waals surface area (Å²) < 4.78 is 4.85. The van der Waals surface area contributed by atoms with Crippen LogP contribution in [-0.4, -0.2) is 12.6 Å². The van der Waals surface area contributed by atoms with E-state index in [0.29, 0.717) is 6.61 Å². The third-order valence-electron chi connectivity index (χ3n) is 2.47. The molecular formula is C16H20O2. The summed E-state index contributed by atoms with van der Waals surface area (Å²) in [6, 6.07) is 10.2. The highest BCUT2D eigenvalue weighted by Gasteiger charge is 1.96. The standard InChI is InChI=1S/C16H20O2/c1-3-18-16(17)13-14(2)9-7-8-12-15-10-5-4-6-11-15/h4-6,8,10-13H,3,7,9H2,1-2H3/b12-8+,14-13-. The number of rotatable bonds is 6. The summed E-state index contributed by atoms with van der Waals surface area (Å²) in [6.45, 7) is 4.19. The third-order valence-corrected chi connectivity index (χ3v) is 2.47. The Morgan fingerprint density at radius 2 is 2.00 bits per heavy atom. The van der Waals surface area contributed by atoms with Gasteiger partial charge in [-0.25, -0.2) is 4.79 Å². The van der Waals surface area contributed by atoms with E-state index in [1.165, 1.54) is 5.56 Å². The number of carbonyl (C=O) groups excluding carboxylic acids is 1. The second-order valence-electron chi connectivity index (χ2n) is 4.09. The van der Waals surface area contributed by atoms with Gasteiger partial charge in [-0.2, -0.15) is 0 Å². The maximum Gasteiger partial charge on any atom is 0.330 e. The van der Waals surface area contributed by atoms with Crippen LogP contribution in [0.25, 0.3) is 6.08 Å². The molecule has 2 nitrogen and oxygen atoms in total. The van der Waals surface area contributed by atoms with Crippen molar-refractivity contribution in [2.75, 3.05) is 6.61 Å². The Hall–Kier alpha value is -1.83. The maximum atomic E-state index is 11.2. The molecule has 0 bridgehead atoms. The molecule has 1 rings (SSSR count). The first-order valence-electron chi connectivity index (χ1n) is 6.28. The fraction of sp³-hybridized carbons (Fsp3) is 0.312. The Morgan fingerprint density at radius 1 is 1.28 bits per heavy atom. The summed E-state index contributed by atoms with van der Waals surface area (Å²) in [6.07, 6.45) is 7.59. The highest BCUT2D eigenvalue weighted by molar-refractivity contribution is 5.82. The van der Waals surface area contributed by atoms with Crippen LogP contribution in [0.2, 0.25) is 0 Å². The number of ether oxygens (including phenoxy) is 1. The lowest BCUT2D eigenvalue weighted by atomic mass is 10.1. The molecule has 0 saturated carbocycles. The predicted octanol–water partition coefficient (Wildman–Crippen LogP) is 3.99. The summed E-state index contributed by atoms with van der Waals surface area (Å²) in [4.78, 5) is 11.2. The van der Waals surface area contributed by atoms with Crippen molar-refractivity contribution >= 4 is 12.0 Å². The van der Waals surface area contributed by atoms with Crippen LogP contribution in [0.3, 0.4) is 0 Å². The number of hydrogen-bond acceptors (Lipinski definition) is 2. The Labute approximate surface area is 109 Å².